The SMILES string of the molecule is C#N.C#N.NN=Cc1ccc(SC(F)(F)F)cc1. The molecule has 18 heavy (non-hydrogen) atoms. The van der Waals surface area contributed by atoms with Gasteiger partial charge >= 0.3 is 5.51 Å². The van der Waals surface area contributed by atoms with Crippen LogP contribution >= 0.6 is 11.8 Å². The molecule has 0 amide bonds. The molecule has 0 saturated heterocycles. The minimum absolute atomic E-state index is 0.145. The molecule has 1 aromatic rings. The third-order valence-corrected chi connectivity index (χ3v) is 2.08. The van der Waals surface area contributed by atoms with E-state index in [1.54, 1.807) is 0 Å². The van der Waals surface area contributed by atoms with Crippen LogP contribution in [0.15, 0.2) is 34.3 Å². The number of hydrogen-bond acceptors (Lipinski definition) is 5. The number of alkyl halides is 3. The van der Waals surface area contributed by atoms with Crippen molar-refractivity contribution in [2.45, 2.75) is 10.4 Å². The number of nitriles is 2. The largest absolute Gasteiger partial charge is 0.446 e. The van der Waals surface area contributed by atoms with Crippen molar-refractivity contribution < 1.29 is 13.2 Å². The molecule has 0 atom stereocenters. The predicted molar refractivity (Wildman–Crippen MR) is 63.5 cm³/mol. The van der Waals surface area contributed by atoms with Gasteiger partial charge in [-0.15, -0.1) is 0 Å². The Kier molecular flexibility index (Phi) is 10.1. The van der Waals surface area contributed by atoms with Gasteiger partial charge < -0.3 is 5.84 Å². The van der Waals surface area contributed by atoms with Gasteiger partial charge in [-0.2, -0.15) is 18.3 Å². The van der Waals surface area contributed by atoms with E-state index in [-0.39, 0.29) is 16.7 Å². The number of hydrazone groups is 1. The van der Waals surface area contributed by atoms with E-state index >= 15 is 0 Å². The van der Waals surface area contributed by atoms with Crippen LogP contribution in [0.3, 0.4) is 0 Å². The maximum Gasteiger partial charge on any atom is 0.446 e. The Balaban J connectivity index is 0. The topological polar surface area (TPSA) is 86.0 Å². The normalized spacial score (nSPS) is 9.72. The number of rotatable bonds is 2. The summed E-state index contributed by atoms with van der Waals surface area (Å²) in [5, 5.41) is 16.3. The van der Waals surface area contributed by atoms with E-state index in [1.165, 1.54) is 30.5 Å². The summed E-state index contributed by atoms with van der Waals surface area (Å²) < 4.78 is 35.7. The molecule has 0 heterocycles. The number of hydrogen-bond donors (Lipinski definition) is 1. The van der Waals surface area contributed by atoms with Crippen LogP contribution in [0.25, 0.3) is 0 Å². The van der Waals surface area contributed by atoms with Gasteiger partial charge in [-0.1, -0.05) is 12.1 Å². The number of halogens is 3. The number of nitrogens with zero attached hydrogens (tertiary/aromatic N) is 3. The summed E-state index contributed by atoms with van der Waals surface area (Å²) in [7, 11) is 0. The highest BCUT2D eigenvalue weighted by molar-refractivity contribution is 8.00. The lowest BCUT2D eigenvalue weighted by Crippen LogP contribution is -1.98. The summed E-state index contributed by atoms with van der Waals surface area (Å²) in [6, 6.07) is 5.78. The molecule has 4 nitrogen and oxygen atoms in total. The summed E-state index contributed by atoms with van der Waals surface area (Å²) in [5.74, 6) is 4.88. The van der Waals surface area contributed by atoms with Gasteiger partial charge in [-0.05, 0) is 29.5 Å². The molecule has 0 spiro atoms. The number of benzene rings is 1. The van der Waals surface area contributed by atoms with E-state index in [0.717, 1.165) is 0 Å². The van der Waals surface area contributed by atoms with Crippen LogP contribution in [0.2, 0.25) is 0 Å². The highest BCUT2D eigenvalue weighted by atomic mass is 32.2. The van der Waals surface area contributed by atoms with Crippen LogP contribution in [-0.2, 0) is 0 Å². The van der Waals surface area contributed by atoms with Crippen molar-refractivity contribution in [1.82, 2.24) is 0 Å². The molecular formula is C10H9F3N4S. The quantitative estimate of drug-likeness (QED) is 0.389. The summed E-state index contributed by atoms with van der Waals surface area (Å²) in [6.07, 6.45) is 1.36. The van der Waals surface area contributed by atoms with Crippen molar-refractivity contribution >= 4 is 18.0 Å². The van der Waals surface area contributed by atoms with E-state index in [1.807, 2.05) is 0 Å². The monoisotopic (exact) mass is 274 g/mol. The third kappa shape index (κ3) is 9.07. The van der Waals surface area contributed by atoms with Crippen LogP contribution in [-0.4, -0.2) is 11.7 Å². The summed E-state index contributed by atoms with van der Waals surface area (Å²) >= 11 is -0.148. The second-order valence-electron chi connectivity index (χ2n) is 2.40. The highest BCUT2D eigenvalue weighted by Crippen LogP contribution is 2.36. The molecule has 8 heteroatoms. The summed E-state index contributed by atoms with van der Waals surface area (Å²) in [6.45, 7) is 7.00. The van der Waals surface area contributed by atoms with Crippen LogP contribution in [0.4, 0.5) is 13.2 Å². The second-order valence-corrected chi connectivity index (χ2v) is 3.53. The standard InChI is InChI=1S/C8H7F3N2S.2CHN/c9-8(10,11)14-7-3-1-6(2-4-7)5-13-12;2*1-2/h1-5H,12H2;2*1H. The first-order valence-corrected chi connectivity index (χ1v) is 4.93. The van der Waals surface area contributed by atoms with Crippen molar-refractivity contribution in [3.8, 4) is 13.1 Å². The average molecular weight is 274 g/mol. The van der Waals surface area contributed by atoms with Gasteiger partial charge in [-0.3, -0.25) is 0 Å². The van der Waals surface area contributed by atoms with Crippen molar-refractivity contribution in [2.75, 3.05) is 0 Å². The Morgan fingerprint density at radius 1 is 1.11 bits per heavy atom. The van der Waals surface area contributed by atoms with E-state index in [9.17, 15) is 13.2 Å². The summed E-state index contributed by atoms with van der Waals surface area (Å²) in [4.78, 5) is 0.145. The van der Waals surface area contributed by atoms with Crippen LogP contribution in [0.1, 0.15) is 5.56 Å². The molecule has 1 aromatic carbocycles. The molecule has 1 rings (SSSR count). The Hall–Kier alpha value is -2.19. The smallest absolute Gasteiger partial charge is 0.323 e. The fraction of sp³-hybridized carbons (Fsp3) is 0.100. The van der Waals surface area contributed by atoms with Gasteiger partial charge in [-0.25, -0.2) is 10.5 Å². The van der Waals surface area contributed by atoms with Crippen molar-refractivity contribution in [1.29, 1.82) is 10.5 Å². The molecule has 2 N–H and O–H groups in total. The molecule has 0 aromatic heterocycles. The lowest BCUT2D eigenvalue weighted by Gasteiger charge is -2.04. The van der Waals surface area contributed by atoms with Gasteiger partial charge in [0.05, 0.1) is 6.21 Å². The Labute approximate surface area is 107 Å². The minimum Gasteiger partial charge on any atom is -0.323 e. The van der Waals surface area contributed by atoms with Gasteiger partial charge in [0.1, 0.15) is 0 Å². The van der Waals surface area contributed by atoms with E-state index in [4.69, 9.17) is 16.4 Å². The zero-order valence-corrected chi connectivity index (χ0v) is 9.82. The lowest BCUT2D eigenvalue weighted by atomic mass is 10.2. The average Bonchev–Trinajstić information content (AvgIpc) is 2.35. The maximum absolute atomic E-state index is 11.9. The zero-order valence-electron chi connectivity index (χ0n) is 9.00. The predicted octanol–water partition coefficient (Wildman–Crippen LogP) is 2.87. The highest BCUT2D eigenvalue weighted by Gasteiger charge is 2.28. The van der Waals surface area contributed by atoms with E-state index < -0.39 is 5.51 Å². The van der Waals surface area contributed by atoms with E-state index in [0.29, 0.717) is 5.56 Å². The van der Waals surface area contributed by atoms with Gasteiger partial charge in [0.25, 0.3) is 0 Å². The molecule has 0 aliphatic heterocycles. The number of thioether (sulfide) groups is 1. The molecular weight excluding hydrogens is 265 g/mol. The molecule has 0 fully saturated rings. The second kappa shape index (κ2) is 10.00. The van der Waals surface area contributed by atoms with E-state index in [2.05, 4.69) is 18.2 Å². The van der Waals surface area contributed by atoms with Crippen molar-refractivity contribution in [3.05, 3.63) is 29.8 Å². The van der Waals surface area contributed by atoms with Crippen molar-refractivity contribution in [3.63, 3.8) is 0 Å². The first kappa shape index (κ1) is 18.2. The summed E-state index contributed by atoms with van der Waals surface area (Å²) in [5.41, 5.74) is -3.58. The lowest BCUT2D eigenvalue weighted by molar-refractivity contribution is -0.0328. The van der Waals surface area contributed by atoms with Gasteiger partial charge in [0.2, 0.25) is 0 Å². The Morgan fingerprint density at radius 3 is 1.89 bits per heavy atom. The molecule has 0 aliphatic carbocycles. The fourth-order valence-electron chi connectivity index (χ4n) is 0.842. The first-order valence-electron chi connectivity index (χ1n) is 4.12. The Bertz CT molecular complexity index is 389. The Morgan fingerprint density at radius 2 is 1.56 bits per heavy atom. The molecule has 0 radical (unpaired) electrons. The van der Waals surface area contributed by atoms with Crippen LogP contribution in [0, 0.1) is 23.7 Å². The fourth-order valence-corrected chi connectivity index (χ4v) is 1.38. The van der Waals surface area contributed by atoms with Crippen LogP contribution < -0.4 is 5.84 Å². The third-order valence-electron chi connectivity index (χ3n) is 1.34. The minimum atomic E-state index is -4.25. The zero-order chi connectivity index (χ0) is 14.6. The maximum atomic E-state index is 11.9. The number of nitrogens with two attached hydrogens (primary N) is 1. The molecule has 0 unspecified atom stereocenters. The molecule has 96 valence electrons. The first-order chi connectivity index (χ1) is 8.51. The van der Waals surface area contributed by atoms with Gasteiger partial charge in [0, 0.05) is 18.0 Å². The molecule has 0 bridgehead atoms. The van der Waals surface area contributed by atoms with Crippen molar-refractivity contribution in [2.24, 2.45) is 10.9 Å². The molecule has 0 aliphatic rings. The molecule has 0 saturated carbocycles. The van der Waals surface area contributed by atoms with Crippen LogP contribution in [0.5, 0.6) is 0 Å². The van der Waals surface area contributed by atoms with Gasteiger partial charge in [0.15, 0.2) is 0 Å².